The van der Waals surface area contributed by atoms with Gasteiger partial charge in [0.1, 0.15) is 23.1 Å². The van der Waals surface area contributed by atoms with Crippen LogP contribution in [0.5, 0.6) is 11.5 Å². The summed E-state index contributed by atoms with van der Waals surface area (Å²) in [6, 6.07) is 11.7. The molecule has 2 aromatic rings. The molecule has 1 aromatic carbocycles. The number of nitriles is 1. The lowest BCUT2D eigenvalue weighted by atomic mass is 10.1. The largest absolute Gasteiger partial charge is 0.456 e. The second kappa shape index (κ2) is 6.18. The first kappa shape index (κ1) is 14.0. The lowest BCUT2D eigenvalue weighted by molar-refractivity contribution is 0.478. The van der Waals surface area contributed by atoms with Gasteiger partial charge in [-0.05, 0) is 38.6 Å². The quantitative estimate of drug-likeness (QED) is 0.924. The number of nitrogens with one attached hydrogen (secondary N) is 1. The molecule has 0 fully saturated rings. The summed E-state index contributed by atoms with van der Waals surface area (Å²) in [5.74, 6) is 1.27. The molecule has 0 saturated carbocycles. The zero-order valence-electron chi connectivity index (χ0n) is 11.9. The van der Waals surface area contributed by atoms with Gasteiger partial charge in [-0.3, -0.25) is 4.98 Å². The van der Waals surface area contributed by atoms with Crippen LogP contribution in [0.2, 0.25) is 0 Å². The minimum atomic E-state index is 0.481. The fourth-order valence-electron chi connectivity index (χ4n) is 2.02. The molecule has 4 nitrogen and oxygen atoms in total. The number of pyridine rings is 1. The summed E-state index contributed by atoms with van der Waals surface area (Å²) in [7, 11) is 1.91. The molecule has 0 unspecified atom stereocenters. The number of nitrogens with zero attached hydrogens (tertiary/aromatic N) is 2. The Morgan fingerprint density at radius 2 is 1.95 bits per heavy atom. The lowest BCUT2D eigenvalue weighted by Gasteiger charge is -2.10. The van der Waals surface area contributed by atoms with Gasteiger partial charge in [-0.2, -0.15) is 5.26 Å². The van der Waals surface area contributed by atoms with Crippen molar-refractivity contribution < 1.29 is 4.74 Å². The Morgan fingerprint density at radius 3 is 2.55 bits per heavy atom. The second-order valence-electron chi connectivity index (χ2n) is 4.61. The summed E-state index contributed by atoms with van der Waals surface area (Å²) in [5.41, 5.74) is 3.19. The highest BCUT2D eigenvalue weighted by Crippen LogP contribution is 2.27. The number of aryl methyl sites for hydroxylation is 2. The Labute approximate surface area is 119 Å². The third kappa shape index (κ3) is 3.14. The van der Waals surface area contributed by atoms with E-state index in [4.69, 9.17) is 4.74 Å². The molecule has 0 atom stereocenters. The molecule has 0 radical (unpaired) electrons. The molecular weight excluding hydrogens is 250 g/mol. The van der Waals surface area contributed by atoms with Crippen molar-refractivity contribution in [3.63, 3.8) is 0 Å². The predicted octanol–water partition coefficient (Wildman–Crippen LogP) is 3.08. The molecule has 0 aliphatic carbocycles. The van der Waals surface area contributed by atoms with Crippen LogP contribution in [0, 0.1) is 25.2 Å². The highest BCUT2D eigenvalue weighted by Gasteiger charge is 2.10. The van der Waals surface area contributed by atoms with E-state index >= 15 is 0 Å². The summed E-state index contributed by atoms with van der Waals surface area (Å²) in [6.45, 7) is 4.52. The zero-order valence-corrected chi connectivity index (χ0v) is 11.9. The van der Waals surface area contributed by atoms with Gasteiger partial charge in [-0.1, -0.05) is 12.1 Å². The molecule has 0 amide bonds. The Hall–Kier alpha value is -2.38. The van der Waals surface area contributed by atoms with Gasteiger partial charge in [0.05, 0.1) is 5.69 Å². The lowest BCUT2D eigenvalue weighted by Crippen LogP contribution is -2.04. The number of hydrogen-bond acceptors (Lipinski definition) is 4. The second-order valence-corrected chi connectivity index (χ2v) is 4.61. The van der Waals surface area contributed by atoms with E-state index in [0.29, 0.717) is 22.8 Å². The number of rotatable bonds is 4. The van der Waals surface area contributed by atoms with E-state index in [1.165, 1.54) is 5.56 Å². The van der Waals surface area contributed by atoms with Crippen molar-refractivity contribution in [3.8, 4) is 17.6 Å². The summed E-state index contributed by atoms with van der Waals surface area (Å²) in [6.07, 6.45) is 0. The highest BCUT2D eigenvalue weighted by atomic mass is 16.5. The van der Waals surface area contributed by atoms with E-state index < -0.39 is 0 Å². The van der Waals surface area contributed by atoms with E-state index in [2.05, 4.69) is 16.4 Å². The van der Waals surface area contributed by atoms with Crippen LogP contribution in [-0.2, 0) is 6.54 Å². The average Bonchev–Trinajstić information content (AvgIpc) is 2.41. The van der Waals surface area contributed by atoms with E-state index in [1.807, 2.05) is 45.2 Å². The first-order valence-electron chi connectivity index (χ1n) is 6.43. The van der Waals surface area contributed by atoms with Crippen molar-refractivity contribution in [1.29, 1.82) is 5.26 Å². The molecule has 0 bridgehead atoms. The first-order chi connectivity index (χ1) is 9.63. The molecule has 1 heterocycles. The van der Waals surface area contributed by atoms with Crippen LogP contribution in [0.3, 0.4) is 0 Å². The topological polar surface area (TPSA) is 57.9 Å². The molecule has 0 aliphatic heterocycles. The standard InChI is InChI=1S/C16H17N3O/c1-11-8-16(15(9-17)12(2)19-11)20-14-6-4-13(5-7-14)10-18-3/h4-8,18H,10H2,1-3H3. The zero-order chi connectivity index (χ0) is 14.5. The molecule has 2 rings (SSSR count). The van der Waals surface area contributed by atoms with Crippen molar-refractivity contribution in [2.45, 2.75) is 20.4 Å². The molecule has 0 saturated heterocycles. The minimum Gasteiger partial charge on any atom is -0.456 e. The normalized spacial score (nSPS) is 10.1. The maximum atomic E-state index is 9.20. The molecular formula is C16H17N3O. The number of benzene rings is 1. The van der Waals surface area contributed by atoms with Gasteiger partial charge in [0, 0.05) is 18.3 Å². The van der Waals surface area contributed by atoms with E-state index in [1.54, 1.807) is 6.07 Å². The molecule has 0 aliphatic rings. The Morgan fingerprint density at radius 1 is 1.25 bits per heavy atom. The van der Waals surface area contributed by atoms with Gasteiger partial charge in [0.25, 0.3) is 0 Å². The van der Waals surface area contributed by atoms with Crippen molar-refractivity contribution >= 4 is 0 Å². The Bertz CT molecular complexity index is 642. The number of ether oxygens (including phenoxy) is 1. The van der Waals surface area contributed by atoms with Gasteiger partial charge >= 0.3 is 0 Å². The van der Waals surface area contributed by atoms with Crippen LogP contribution in [0.25, 0.3) is 0 Å². The molecule has 0 spiro atoms. The van der Waals surface area contributed by atoms with Gasteiger partial charge in [-0.15, -0.1) is 0 Å². The highest BCUT2D eigenvalue weighted by molar-refractivity contribution is 5.48. The summed E-state index contributed by atoms with van der Waals surface area (Å²) in [5, 5.41) is 12.3. The van der Waals surface area contributed by atoms with Crippen molar-refractivity contribution in [2.24, 2.45) is 0 Å². The first-order valence-corrected chi connectivity index (χ1v) is 6.43. The summed E-state index contributed by atoms with van der Waals surface area (Å²) in [4.78, 5) is 4.27. The van der Waals surface area contributed by atoms with Gasteiger partial charge in [-0.25, -0.2) is 0 Å². The van der Waals surface area contributed by atoms with Crippen LogP contribution in [0.15, 0.2) is 30.3 Å². The third-order valence-corrected chi connectivity index (χ3v) is 2.94. The van der Waals surface area contributed by atoms with Gasteiger partial charge in [0.2, 0.25) is 0 Å². The third-order valence-electron chi connectivity index (χ3n) is 2.94. The number of aromatic nitrogens is 1. The van der Waals surface area contributed by atoms with Crippen LogP contribution in [0.1, 0.15) is 22.5 Å². The SMILES string of the molecule is CNCc1ccc(Oc2cc(C)nc(C)c2C#N)cc1. The van der Waals surface area contributed by atoms with E-state index in [0.717, 1.165) is 12.2 Å². The molecule has 20 heavy (non-hydrogen) atoms. The molecule has 1 aromatic heterocycles. The predicted molar refractivity (Wildman–Crippen MR) is 77.7 cm³/mol. The van der Waals surface area contributed by atoms with Crippen LogP contribution in [0.4, 0.5) is 0 Å². The monoisotopic (exact) mass is 267 g/mol. The number of hydrogen-bond donors (Lipinski definition) is 1. The Balaban J connectivity index is 2.28. The summed E-state index contributed by atoms with van der Waals surface area (Å²) >= 11 is 0. The fourth-order valence-corrected chi connectivity index (χ4v) is 2.02. The van der Waals surface area contributed by atoms with Crippen molar-refractivity contribution in [2.75, 3.05) is 7.05 Å². The smallest absolute Gasteiger partial charge is 0.148 e. The maximum Gasteiger partial charge on any atom is 0.148 e. The van der Waals surface area contributed by atoms with Gasteiger partial charge < -0.3 is 10.1 Å². The van der Waals surface area contributed by atoms with Crippen LogP contribution < -0.4 is 10.1 Å². The Kier molecular flexibility index (Phi) is 4.34. The fraction of sp³-hybridized carbons (Fsp3) is 0.250. The van der Waals surface area contributed by atoms with Gasteiger partial charge in [0.15, 0.2) is 0 Å². The van der Waals surface area contributed by atoms with Crippen LogP contribution in [-0.4, -0.2) is 12.0 Å². The van der Waals surface area contributed by atoms with Crippen LogP contribution >= 0.6 is 0 Å². The molecule has 4 heteroatoms. The van der Waals surface area contributed by atoms with Crippen molar-refractivity contribution in [1.82, 2.24) is 10.3 Å². The molecule has 102 valence electrons. The summed E-state index contributed by atoms with van der Waals surface area (Å²) < 4.78 is 5.81. The maximum absolute atomic E-state index is 9.20. The average molecular weight is 267 g/mol. The minimum absolute atomic E-state index is 0.481. The van der Waals surface area contributed by atoms with E-state index in [-0.39, 0.29) is 0 Å². The van der Waals surface area contributed by atoms with E-state index in [9.17, 15) is 5.26 Å². The van der Waals surface area contributed by atoms with Crippen molar-refractivity contribution in [3.05, 3.63) is 52.8 Å². The molecule has 1 N–H and O–H groups in total.